The number of hydrogen-bond acceptors (Lipinski definition) is 5. The van der Waals surface area contributed by atoms with Crippen LogP contribution in [0.5, 0.6) is 0 Å². The quantitative estimate of drug-likeness (QED) is 0.622. The van der Waals surface area contributed by atoms with Crippen LogP contribution in [0.1, 0.15) is 21.0 Å². The van der Waals surface area contributed by atoms with Crippen molar-refractivity contribution in [2.45, 2.75) is 6.54 Å². The van der Waals surface area contributed by atoms with Crippen molar-refractivity contribution in [1.82, 2.24) is 14.5 Å². The molecule has 0 radical (unpaired) electrons. The molecule has 10 heteroatoms. The zero-order valence-electron chi connectivity index (χ0n) is 13.0. The van der Waals surface area contributed by atoms with Crippen LogP contribution in [-0.4, -0.2) is 42.6 Å². The predicted octanol–water partition coefficient (Wildman–Crippen LogP) is 2.12. The first-order valence-electron chi connectivity index (χ1n) is 7.23. The SMILES string of the molecule is O=C(Cn1c(C(=O)O)nc2cc(C(=O)O)ccc21)Nc1ccc(Cl)cn1. The molecule has 3 N–H and O–H groups in total. The van der Waals surface area contributed by atoms with Gasteiger partial charge in [0.15, 0.2) is 0 Å². The molecule has 0 spiro atoms. The Hall–Kier alpha value is -3.46. The Kier molecular flexibility index (Phi) is 4.55. The number of pyridine rings is 1. The molecule has 132 valence electrons. The lowest BCUT2D eigenvalue weighted by molar-refractivity contribution is -0.116. The zero-order valence-corrected chi connectivity index (χ0v) is 13.8. The van der Waals surface area contributed by atoms with Crippen LogP contribution in [0, 0.1) is 0 Å². The fourth-order valence-corrected chi connectivity index (χ4v) is 2.47. The molecule has 0 saturated heterocycles. The number of fused-ring (bicyclic) bond motifs is 1. The van der Waals surface area contributed by atoms with Crippen LogP contribution in [0.4, 0.5) is 5.82 Å². The molecule has 0 fully saturated rings. The van der Waals surface area contributed by atoms with Crippen molar-refractivity contribution in [2.75, 3.05) is 5.32 Å². The molecule has 9 nitrogen and oxygen atoms in total. The van der Waals surface area contributed by atoms with Crippen LogP contribution in [0.2, 0.25) is 5.02 Å². The Morgan fingerprint density at radius 2 is 1.88 bits per heavy atom. The van der Waals surface area contributed by atoms with Crippen LogP contribution >= 0.6 is 11.6 Å². The summed E-state index contributed by atoms with van der Waals surface area (Å²) in [5.74, 6) is -3.14. The monoisotopic (exact) mass is 374 g/mol. The molecule has 0 saturated carbocycles. The molecule has 0 atom stereocenters. The number of carbonyl (C=O) groups excluding carboxylic acids is 1. The van der Waals surface area contributed by atoms with Gasteiger partial charge in [0.25, 0.3) is 0 Å². The summed E-state index contributed by atoms with van der Waals surface area (Å²) in [6.07, 6.45) is 1.36. The zero-order chi connectivity index (χ0) is 18.8. The summed E-state index contributed by atoms with van der Waals surface area (Å²) in [6.45, 7) is -0.338. The number of benzene rings is 1. The van der Waals surface area contributed by atoms with E-state index in [2.05, 4.69) is 15.3 Å². The third-order valence-electron chi connectivity index (χ3n) is 3.48. The van der Waals surface area contributed by atoms with Crippen LogP contribution in [0.15, 0.2) is 36.5 Å². The number of nitrogens with one attached hydrogen (secondary N) is 1. The van der Waals surface area contributed by atoms with E-state index >= 15 is 0 Å². The number of hydrogen-bond donors (Lipinski definition) is 3. The molecular weight excluding hydrogens is 364 g/mol. The Morgan fingerprint density at radius 3 is 2.50 bits per heavy atom. The molecule has 2 heterocycles. The first-order valence-corrected chi connectivity index (χ1v) is 7.61. The van der Waals surface area contributed by atoms with Crippen LogP contribution in [-0.2, 0) is 11.3 Å². The molecule has 0 aliphatic carbocycles. The number of amides is 1. The van der Waals surface area contributed by atoms with Crippen molar-refractivity contribution in [3.8, 4) is 0 Å². The lowest BCUT2D eigenvalue weighted by Crippen LogP contribution is -2.22. The van der Waals surface area contributed by atoms with Crippen LogP contribution in [0.25, 0.3) is 11.0 Å². The van der Waals surface area contributed by atoms with Crippen molar-refractivity contribution in [3.63, 3.8) is 0 Å². The number of anilines is 1. The van der Waals surface area contributed by atoms with E-state index in [-0.39, 0.29) is 29.3 Å². The minimum Gasteiger partial charge on any atom is -0.478 e. The highest BCUT2D eigenvalue weighted by Gasteiger charge is 2.20. The largest absolute Gasteiger partial charge is 0.478 e. The lowest BCUT2D eigenvalue weighted by Gasteiger charge is -2.08. The molecule has 0 aliphatic rings. The molecule has 1 aromatic carbocycles. The van der Waals surface area contributed by atoms with E-state index in [1.165, 1.54) is 35.0 Å². The summed E-state index contributed by atoms with van der Waals surface area (Å²) >= 11 is 5.72. The highest BCUT2D eigenvalue weighted by molar-refractivity contribution is 6.30. The Balaban J connectivity index is 1.93. The molecule has 3 aromatic rings. The number of imidazole rings is 1. The van der Waals surface area contributed by atoms with E-state index in [9.17, 15) is 19.5 Å². The van der Waals surface area contributed by atoms with Crippen molar-refractivity contribution in [2.24, 2.45) is 0 Å². The molecule has 0 bridgehead atoms. The molecule has 0 aliphatic heterocycles. The van der Waals surface area contributed by atoms with Gasteiger partial charge >= 0.3 is 11.9 Å². The average Bonchev–Trinajstić information content (AvgIpc) is 2.95. The summed E-state index contributed by atoms with van der Waals surface area (Å²) in [7, 11) is 0. The number of rotatable bonds is 5. The van der Waals surface area contributed by atoms with Crippen molar-refractivity contribution >= 4 is 46.3 Å². The maximum atomic E-state index is 12.2. The minimum atomic E-state index is -1.34. The van der Waals surface area contributed by atoms with Gasteiger partial charge in [0.1, 0.15) is 12.4 Å². The molecule has 3 rings (SSSR count). The van der Waals surface area contributed by atoms with Gasteiger partial charge in [0, 0.05) is 6.20 Å². The summed E-state index contributed by atoms with van der Waals surface area (Å²) in [6, 6.07) is 7.02. The fraction of sp³-hybridized carbons (Fsp3) is 0.0625. The van der Waals surface area contributed by atoms with E-state index < -0.39 is 17.8 Å². The fourth-order valence-electron chi connectivity index (χ4n) is 2.36. The van der Waals surface area contributed by atoms with Gasteiger partial charge in [-0.05, 0) is 30.3 Å². The number of aromatic carboxylic acids is 2. The van der Waals surface area contributed by atoms with Gasteiger partial charge in [-0.3, -0.25) is 4.79 Å². The third-order valence-corrected chi connectivity index (χ3v) is 3.71. The molecular formula is C16H11ClN4O5. The summed E-state index contributed by atoms with van der Waals surface area (Å²) in [4.78, 5) is 42.6. The molecule has 2 aromatic heterocycles. The summed E-state index contributed by atoms with van der Waals surface area (Å²) < 4.78 is 1.19. The van der Waals surface area contributed by atoms with Gasteiger partial charge in [-0.15, -0.1) is 0 Å². The number of halogens is 1. The maximum Gasteiger partial charge on any atom is 0.372 e. The first kappa shape index (κ1) is 17.4. The Bertz CT molecular complexity index is 1030. The van der Waals surface area contributed by atoms with Gasteiger partial charge in [0.05, 0.1) is 21.6 Å². The van der Waals surface area contributed by atoms with E-state index in [1.807, 2.05) is 0 Å². The number of carbonyl (C=O) groups is 3. The smallest absolute Gasteiger partial charge is 0.372 e. The third kappa shape index (κ3) is 3.47. The lowest BCUT2D eigenvalue weighted by atomic mass is 10.2. The second kappa shape index (κ2) is 6.81. The van der Waals surface area contributed by atoms with Crippen molar-refractivity contribution in [1.29, 1.82) is 0 Å². The summed E-state index contributed by atoms with van der Waals surface area (Å²) in [5, 5.41) is 21.3. The topological polar surface area (TPSA) is 134 Å². The minimum absolute atomic E-state index is 0.0334. The Labute approximate surface area is 150 Å². The molecule has 1 amide bonds. The summed E-state index contributed by atoms with van der Waals surface area (Å²) in [5.41, 5.74) is 0.459. The number of carboxylic acids is 2. The van der Waals surface area contributed by atoms with Crippen molar-refractivity contribution in [3.05, 3.63) is 52.9 Å². The standard InChI is InChI=1S/C16H11ClN4O5/c17-9-2-4-12(18-6-9)20-13(22)7-21-11-3-1-8(15(23)24)5-10(11)19-14(21)16(25)26/h1-6H,7H2,(H,23,24)(H,25,26)(H,18,20,22). The van der Waals surface area contributed by atoms with Gasteiger partial charge in [-0.25, -0.2) is 19.6 Å². The highest BCUT2D eigenvalue weighted by Crippen LogP contribution is 2.19. The van der Waals surface area contributed by atoms with Gasteiger partial charge in [-0.2, -0.15) is 0 Å². The van der Waals surface area contributed by atoms with E-state index in [0.29, 0.717) is 10.5 Å². The predicted molar refractivity (Wildman–Crippen MR) is 91.5 cm³/mol. The normalized spacial score (nSPS) is 10.7. The average molecular weight is 375 g/mol. The van der Waals surface area contributed by atoms with Gasteiger partial charge < -0.3 is 20.1 Å². The van der Waals surface area contributed by atoms with Crippen LogP contribution < -0.4 is 5.32 Å². The van der Waals surface area contributed by atoms with Crippen molar-refractivity contribution < 1.29 is 24.6 Å². The Morgan fingerprint density at radius 1 is 1.12 bits per heavy atom. The number of nitrogens with zero attached hydrogens (tertiary/aromatic N) is 3. The molecule has 0 unspecified atom stereocenters. The van der Waals surface area contributed by atoms with E-state index in [0.717, 1.165) is 0 Å². The number of aromatic nitrogens is 3. The van der Waals surface area contributed by atoms with Crippen LogP contribution in [0.3, 0.4) is 0 Å². The highest BCUT2D eigenvalue weighted by atomic mass is 35.5. The first-order chi connectivity index (χ1) is 12.3. The maximum absolute atomic E-state index is 12.2. The second-order valence-electron chi connectivity index (χ2n) is 5.25. The van der Waals surface area contributed by atoms with Gasteiger partial charge in [-0.1, -0.05) is 11.6 Å². The molecule has 26 heavy (non-hydrogen) atoms. The van der Waals surface area contributed by atoms with E-state index in [1.54, 1.807) is 6.07 Å². The van der Waals surface area contributed by atoms with Gasteiger partial charge in [0.2, 0.25) is 11.7 Å². The number of carboxylic acid groups (broad SMARTS) is 2. The second-order valence-corrected chi connectivity index (χ2v) is 5.68. The van der Waals surface area contributed by atoms with E-state index in [4.69, 9.17) is 16.7 Å².